The first-order chi connectivity index (χ1) is 30.8. The summed E-state index contributed by atoms with van der Waals surface area (Å²) in [7, 11) is -23.2. The largest absolute Gasteiger partial charge is 0.494 e. The lowest BCUT2D eigenvalue weighted by atomic mass is 10.2. The molecule has 4 aromatic rings. The number of hydrogen-bond acceptors (Lipinski definition) is 29. The van der Waals surface area contributed by atoms with Crippen LogP contribution in [-0.2, 0) is 77.4 Å². The fraction of sp³-hybridized carbons (Fsp3) is 0.172. The highest BCUT2D eigenvalue weighted by atomic mass is 32.3. The fourth-order valence-electron chi connectivity index (χ4n) is 4.77. The van der Waals surface area contributed by atoms with Gasteiger partial charge in [-0.2, -0.15) is 25.3 Å². The fourth-order valence-corrected chi connectivity index (χ4v) is 9.55. The number of azo groups is 3. The summed E-state index contributed by atoms with van der Waals surface area (Å²) >= 11 is 0.618. The zero-order valence-corrected chi connectivity index (χ0v) is 38.2. The Balaban J connectivity index is 1.89. The summed E-state index contributed by atoms with van der Waals surface area (Å²) in [5.74, 6) is -1.73. The van der Waals surface area contributed by atoms with Gasteiger partial charge < -0.3 is 16.2 Å². The number of hydrogen-bond donors (Lipinski definition) is 7. The van der Waals surface area contributed by atoms with Crippen molar-refractivity contribution in [2.45, 2.75) is 24.5 Å². The topological polar surface area (TPSA) is 463 Å². The van der Waals surface area contributed by atoms with Gasteiger partial charge in [-0.15, -0.1) is 39.4 Å². The van der Waals surface area contributed by atoms with Crippen LogP contribution in [0.5, 0.6) is 5.75 Å². The Bertz CT molecular complexity index is 3100. The average Bonchev–Trinajstić information content (AvgIpc) is 3.23. The van der Waals surface area contributed by atoms with E-state index in [9.17, 15) is 51.2 Å². The van der Waals surface area contributed by atoms with E-state index in [2.05, 4.69) is 53.6 Å². The quantitative estimate of drug-likeness (QED) is 0.00878. The van der Waals surface area contributed by atoms with Crippen molar-refractivity contribution < 1.29 is 98.1 Å². The van der Waals surface area contributed by atoms with Crippen molar-refractivity contribution in [3.05, 3.63) is 60.7 Å². The summed E-state index contributed by atoms with van der Waals surface area (Å²) in [5, 5.41) is 47.1. The van der Waals surface area contributed by atoms with Crippen LogP contribution in [0, 0.1) is 0 Å². The van der Waals surface area contributed by atoms with E-state index < -0.39 is 129 Å². The van der Waals surface area contributed by atoms with E-state index >= 15 is 0 Å². The molecule has 0 saturated heterocycles. The summed E-state index contributed by atoms with van der Waals surface area (Å²) in [5.41, 5.74) is 8.83. The molecule has 4 rings (SSSR count). The van der Waals surface area contributed by atoms with Crippen LogP contribution < -0.4 is 16.2 Å². The lowest BCUT2D eigenvalue weighted by Crippen LogP contribution is -2.16. The molecule has 0 aromatic heterocycles. The molecule has 0 amide bonds. The zero-order valence-electron chi connectivity index (χ0n) is 32.5. The highest BCUT2D eigenvalue weighted by molar-refractivity contribution is 7.94. The molecule has 0 bridgehead atoms. The number of sulfone groups is 2. The predicted octanol–water partition coefficient (Wildman–Crippen LogP) is 5.40. The Morgan fingerprint density at radius 3 is 1.55 bits per heavy atom. The van der Waals surface area contributed by atoms with E-state index in [-0.39, 0.29) is 34.3 Å². The van der Waals surface area contributed by atoms with Gasteiger partial charge in [0, 0.05) is 4.90 Å². The third-order valence-electron chi connectivity index (χ3n) is 7.70. The Morgan fingerprint density at radius 1 is 0.576 bits per heavy atom. The van der Waals surface area contributed by atoms with Crippen molar-refractivity contribution in [2.24, 2.45) is 30.7 Å². The number of benzene rings is 4. The molecular weight excluding hydrogens is 1040 g/mol. The van der Waals surface area contributed by atoms with Crippen LogP contribution in [0.4, 0.5) is 45.5 Å². The van der Waals surface area contributed by atoms with Crippen LogP contribution in [0.25, 0.3) is 0 Å². The lowest BCUT2D eigenvalue weighted by Gasteiger charge is -2.11. The van der Waals surface area contributed by atoms with Crippen LogP contribution in [-0.4, -0.2) is 98.1 Å². The Labute approximate surface area is 381 Å². The van der Waals surface area contributed by atoms with Crippen LogP contribution in [0.3, 0.4) is 0 Å². The normalized spacial score (nSPS) is 13.1. The van der Waals surface area contributed by atoms with Crippen molar-refractivity contribution in [3.63, 3.8) is 0 Å². The van der Waals surface area contributed by atoms with E-state index in [0.717, 1.165) is 30.3 Å². The van der Waals surface area contributed by atoms with Gasteiger partial charge in [0.2, 0.25) is 0 Å². The van der Waals surface area contributed by atoms with Crippen molar-refractivity contribution in [1.82, 2.24) is 0 Å². The number of nitrogens with two attached hydrogens (primary N) is 2. The second-order valence-electron chi connectivity index (χ2n) is 11.9. The minimum absolute atomic E-state index is 0.00494. The van der Waals surface area contributed by atoms with Crippen LogP contribution >= 0.6 is 24.4 Å². The molecule has 37 heteroatoms. The van der Waals surface area contributed by atoms with Gasteiger partial charge in [-0.25, -0.2) is 31.5 Å². The molecule has 0 heterocycles. The lowest BCUT2D eigenvalue weighted by molar-refractivity contribution is -0.434. The summed E-state index contributed by atoms with van der Waals surface area (Å²) in [6, 6.07) is 9.55. The van der Waals surface area contributed by atoms with Crippen LogP contribution in [0.1, 0.15) is 0 Å². The monoisotopic (exact) mass is 1070 g/mol. The Hall–Kier alpha value is -4.91. The van der Waals surface area contributed by atoms with E-state index in [1.807, 2.05) is 0 Å². The van der Waals surface area contributed by atoms with E-state index in [1.54, 1.807) is 0 Å². The van der Waals surface area contributed by atoms with Crippen molar-refractivity contribution >= 4 is 120 Å². The number of nitrogen functional groups attached to an aromatic ring is 2. The molecule has 9 N–H and O–H groups in total. The highest BCUT2D eigenvalue weighted by Crippen LogP contribution is 2.46. The zero-order chi connectivity index (χ0) is 49.1. The number of anilines is 2. The molecule has 0 aliphatic heterocycles. The maximum absolute atomic E-state index is 12.9. The third kappa shape index (κ3) is 15.1. The van der Waals surface area contributed by atoms with Gasteiger partial charge in [0.25, 0.3) is 20.2 Å². The summed E-state index contributed by atoms with van der Waals surface area (Å²) in [6.45, 7) is -1.64. The van der Waals surface area contributed by atoms with Crippen LogP contribution in [0.2, 0.25) is 0 Å². The number of rotatable bonds is 24. The molecule has 66 heavy (non-hydrogen) atoms. The first-order valence-electron chi connectivity index (χ1n) is 16.7. The molecule has 0 unspecified atom stereocenters. The smallest absolute Gasteiger partial charge is 0.397 e. The molecule has 0 radical (unpaired) electrons. The van der Waals surface area contributed by atoms with E-state index in [0.29, 0.717) is 24.2 Å². The number of ether oxygens (including phenoxy) is 1. The molecule has 360 valence electrons. The van der Waals surface area contributed by atoms with Gasteiger partial charge in [-0.1, -0.05) is 10.1 Å². The maximum atomic E-state index is 12.9. The second-order valence-corrected chi connectivity index (χ2v) is 21.3. The van der Waals surface area contributed by atoms with Crippen molar-refractivity contribution in [1.29, 1.82) is 0 Å². The van der Waals surface area contributed by atoms with Crippen molar-refractivity contribution in [3.8, 4) is 5.75 Å². The van der Waals surface area contributed by atoms with Gasteiger partial charge in [0.1, 0.15) is 49.7 Å². The third-order valence-corrected chi connectivity index (χ3v) is 14.2. The van der Waals surface area contributed by atoms with E-state index in [4.69, 9.17) is 35.5 Å². The van der Waals surface area contributed by atoms with E-state index in [1.165, 1.54) is 25.3 Å². The van der Waals surface area contributed by atoms with Gasteiger partial charge in [-0.3, -0.25) is 17.8 Å². The molecule has 30 nitrogen and oxygen atoms in total. The maximum Gasteiger partial charge on any atom is 0.397 e. The van der Waals surface area contributed by atoms with Gasteiger partial charge in [0.05, 0.1) is 65.0 Å². The second kappa shape index (κ2) is 22.7. The van der Waals surface area contributed by atoms with Gasteiger partial charge in [0.15, 0.2) is 32.0 Å². The molecule has 0 saturated carbocycles. The first-order valence-corrected chi connectivity index (χ1v) is 25.6. The number of nitrogens with zero attached hydrogens (tertiary/aromatic N) is 6. The predicted molar refractivity (Wildman–Crippen MR) is 224 cm³/mol. The average molecular weight is 1070 g/mol. The molecule has 0 spiro atoms. The molecule has 0 fully saturated rings. The standard InChI is InChI=1S/C29H30N8O22S7/c1-53-24-7-2-16(60-58-56-38)12-21(24)34-36-23-15-22(35-32-19-5-3-17(13-25(19)64(44,45)46)62(40,41)10-8-54-61-59-57-39)27(30)29(28(23)31)37-33-20-6-4-18(14-26(20)65(47,48)49)63(42,43)11-9-55-66(50,51)52/h2-7,12-15,38-39H,8-11,30-31H2,1H3,(H,44,45,46)(H,47,48,49)(H,50,51,52). The highest BCUT2D eigenvalue weighted by Gasteiger charge is 2.25. The SMILES string of the molecule is COc1ccc(SOOO)cc1N=Nc1cc(N=Nc2ccc(S(=O)(=O)CCOSOOO)cc2S(=O)(=O)O)c(N)c(N=Nc2ccc(S(=O)(=O)CCOS(=O)(=O)O)cc2S(=O)(=O)O)c1N. The van der Waals surface area contributed by atoms with Crippen LogP contribution in [0.15, 0.2) is 116 Å². The summed E-state index contributed by atoms with van der Waals surface area (Å²) in [6.07, 6.45) is 0. The molecule has 0 atom stereocenters. The Kier molecular flexibility index (Phi) is 18.5. The van der Waals surface area contributed by atoms with Crippen molar-refractivity contribution in [2.75, 3.05) is 43.3 Å². The minimum atomic E-state index is -5.32. The molecule has 4 aromatic carbocycles. The molecular formula is C29H30N8O22S7. The Morgan fingerprint density at radius 2 is 1.06 bits per heavy atom. The number of methoxy groups -OCH3 is 1. The first kappa shape index (κ1) is 53.7. The summed E-state index contributed by atoms with van der Waals surface area (Å²) in [4.78, 5) is -3.35. The minimum Gasteiger partial charge on any atom is -0.494 e. The van der Waals surface area contributed by atoms with Gasteiger partial charge >= 0.3 is 10.4 Å². The van der Waals surface area contributed by atoms with Gasteiger partial charge in [-0.05, 0) is 60.7 Å². The molecule has 0 aliphatic carbocycles. The summed E-state index contributed by atoms with van der Waals surface area (Å²) < 4.78 is 174. The molecule has 0 aliphatic rings.